The number of β-amino-alcohol motifs (C(OH)–C–C–N with tert-alkyl or cyclic N) is 1. The van der Waals surface area contributed by atoms with E-state index >= 15 is 0 Å². The van der Waals surface area contributed by atoms with Gasteiger partial charge in [0, 0.05) is 24.3 Å². The number of aliphatic hydroxyl groups is 1. The number of nitrogens with zero attached hydrogens (tertiary/aromatic N) is 3. The molecule has 1 aromatic carbocycles. The summed E-state index contributed by atoms with van der Waals surface area (Å²) in [6, 6.07) is 3.82. The lowest BCUT2D eigenvalue weighted by Gasteiger charge is -2.22. The average molecular weight is 431 g/mol. The van der Waals surface area contributed by atoms with Crippen LogP contribution in [0.25, 0.3) is 11.3 Å². The number of hydrogen-bond donors (Lipinski definition) is 1. The summed E-state index contributed by atoms with van der Waals surface area (Å²) in [5.74, 6) is 0. The number of rotatable bonds is 3. The van der Waals surface area contributed by atoms with E-state index in [0.29, 0.717) is 42.9 Å². The van der Waals surface area contributed by atoms with Gasteiger partial charge in [-0.2, -0.15) is 23.0 Å². The second-order valence-corrected chi connectivity index (χ2v) is 8.59. The van der Waals surface area contributed by atoms with Crippen molar-refractivity contribution in [1.82, 2.24) is 9.78 Å². The summed E-state index contributed by atoms with van der Waals surface area (Å²) in [5, 5.41) is 14.4. The van der Waals surface area contributed by atoms with Gasteiger partial charge in [-0.05, 0) is 74.3 Å². The molecule has 0 amide bonds. The monoisotopic (exact) mass is 431 g/mol. The predicted molar refractivity (Wildman–Crippen MR) is 112 cm³/mol. The van der Waals surface area contributed by atoms with Gasteiger partial charge in [-0.3, -0.25) is 4.79 Å². The molecule has 31 heavy (non-hydrogen) atoms. The van der Waals surface area contributed by atoms with E-state index in [4.69, 9.17) is 0 Å². The fourth-order valence-electron chi connectivity index (χ4n) is 4.99. The Balaban J connectivity index is 1.72. The SMILES string of the molecule is O=c1c2c(c(C3=CCCC3)nn1-c1cc(N3CCC(O)C3)ccc1C(F)(F)F)CCC2. The number of aromatic nitrogens is 2. The minimum atomic E-state index is -4.62. The Labute approximate surface area is 177 Å². The van der Waals surface area contributed by atoms with Crippen molar-refractivity contribution >= 4 is 11.3 Å². The van der Waals surface area contributed by atoms with Crippen molar-refractivity contribution in [2.45, 2.75) is 57.2 Å². The van der Waals surface area contributed by atoms with Gasteiger partial charge in [0.05, 0.1) is 23.0 Å². The largest absolute Gasteiger partial charge is 0.418 e. The molecule has 1 unspecified atom stereocenters. The van der Waals surface area contributed by atoms with Crippen molar-refractivity contribution in [2.75, 3.05) is 18.0 Å². The number of fused-ring (bicyclic) bond motifs is 1. The Morgan fingerprint density at radius 1 is 1.10 bits per heavy atom. The Morgan fingerprint density at radius 2 is 1.90 bits per heavy atom. The molecule has 1 aliphatic heterocycles. The van der Waals surface area contributed by atoms with Crippen LogP contribution in [0.15, 0.2) is 29.1 Å². The van der Waals surface area contributed by atoms with Crippen LogP contribution in [0.4, 0.5) is 18.9 Å². The molecule has 1 fully saturated rings. The van der Waals surface area contributed by atoms with Crippen LogP contribution in [0.2, 0.25) is 0 Å². The zero-order valence-electron chi connectivity index (χ0n) is 17.1. The summed E-state index contributed by atoms with van der Waals surface area (Å²) >= 11 is 0. The second kappa shape index (κ2) is 7.51. The highest BCUT2D eigenvalue weighted by atomic mass is 19.4. The standard InChI is InChI=1S/C23H24F3N3O2/c24-23(25,26)19-9-8-15(28-11-10-16(30)13-28)12-20(19)29-22(31)18-7-3-6-17(18)21(27-29)14-4-1-2-5-14/h4,8-9,12,16,30H,1-3,5-7,10-11,13H2. The number of allylic oxidation sites excluding steroid dienone is 2. The lowest BCUT2D eigenvalue weighted by Crippen LogP contribution is -2.29. The van der Waals surface area contributed by atoms with E-state index in [9.17, 15) is 23.1 Å². The van der Waals surface area contributed by atoms with Crippen molar-refractivity contribution in [3.63, 3.8) is 0 Å². The maximum atomic E-state index is 13.9. The van der Waals surface area contributed by atoms with Crippen LogP contribution >= 0.6 is 0 Å². The molecule has 8 heteroatoms. The van der Waals surface area contributed by atoms with Crippen molar-refractivity contribution < 1.29 is 18.3 Å². The first-order valence-electron chi connectivity index (χ1n) is 10.8. The molecule has 2 aliphatic carbocycles. The van der Waals surface area contributed by atoms with Gasteiger partial charge in [0.2, 0.25) is 0 Å². The summed E-state index contributed by atoms with van der Waals surface area (Å²) in [7, 11) is 0. The average Bonchev–Trinajstić information content (AvgIpc) is 3.49. The third kappa shape index (κ3) is 3.56. The minimum absolute atomic E-state index is 0.245. The molecule has 0 spiro atoms. The molecule has 1 saturated heterocycles. The highest BCUT2D eigenvalue weighted by Crippen LogP contribution is 2.37. The topological polar surface area (TPSA) is 58.4 Å². The van der Waals surface area contributed by atoms with E-state index in [-0.39, 0.29) is 5.69 Å². The molecule has 0 radical (unpaired) electrons. The minimum Gasteiger partial charge on any atom is -0.391 e. The Hall–Kier alpha value is -2.61. The van der Waals surface area contributed by atoms with Gasteiger partial charge in [0.15, 0.2) is 0 Å². The van der Waals surface area contributed by atoms with Crippen molar-refractivity contribution in [2.24, 2.45) is 0 Å². The first-order chi connectivity index (χ1) is 14.8. The van der Waals surface area contributed by atoms with Crippen LogP contribution in [-0.2, 0) is 19.0 Å². The Kier molecular flexibility index (Phi) is 4.92. The smallest absolute Gasteiger partial charge is 0.391 e. The fourth-order valence-corrected chi connectivity index (χ4v) is 4.99. The number of benzene rings is 1. The number of hydrogen-bond acceptors (Lipinski definition) is 4. The van der Waals surface area contributed by atoms with Gasteiger partial charge in [0.1, 0.15) is 0 Å². The van der Waals surface area contributed by atoms with Gasteiger partial charge in [-0.25, -0.2) is 0 Å². The molecule has 0 bridgehead atoms. The molecular weight excluding hydrogens is 407 g/mol. The highest BCUT2D eigenvalue weighted by Gasteiger charge is 2.36. The fraction of sp³-hybridized carbons (Fsp3) is 0.478. The zero-order valence-corrected chi connectivity index (χ0v) is 17.1. The molecule has 1 N–H and O–H groups in total. The third-order valence-corrected chi connectivity index (χ3v) is 6.54. The number of aliphatic hydroxyl groups excluding tert-OH is 1. The number of alkyl halides is 3. The molecule has 2 heterocycles. The number of anilines is 1. The van der Waals surface area contributed by atoms with Crippen LogP contribution < -0.4 is 10.5 Å². The lowest BCUT2D eigenvalue weighted by molar-refractivity contribution is -0.137. The molecule has 0 saturated carbocycles. The molecule has 3 aliphatic rings. The van der Waals surface area contributed by atoms with Crippen molar-refractivity contribution in [3.8, 4) is 5.69 Å². The van der Waals surface area contributed by atoms with Gasteiger partial charge < -0.3 is 10.0 Å². The summed E-state index contributed by atoms with van der Waals surface area (Å²) in [6.45, 7) is 0.909. The zero-order chi connectivity index (χ0) is 21.8. The maximum Gasteiger partial charge on any atom is 0.418 e. The predicted octanol–water partition coefficient (Wildman–Crippen LogP) is 3.88. The van der Waals surface area contributed by atoms with E-state index in [1.807, 2.05) is 4.90 Å². The molecule has 2 aromatic rings. The molecular formula is C23H24F3N3O2. The van der Waals surface area contributed by atoms with E-state index in [0.717, 1.165) is 54.0 Å². The van der Waals surface area contributed by atoms with Crippen molar-refractivity contribution in [1.29, 1.82) is 0 Å². The highest BCUT2D eigenvalue weighted by molar-refractivity contribution is 5.68. The lowest BCUT2D eigenvalue weighted by atomic mass is 10.0. The van der Waals surface area contributed by atoms with E-state index < -0.39 is 23.4 Å². The summed E-state index contributed by atoms with van der Waals surface area (Å²) in [6.07, 6.45) is 2.38. The molecule has 5 rings (SSSR count). The van der Waals surface area contributed by atoms with Crippen LogP contribution in [-0.4, -0.2) is 34.1 Å². The van der Waals surface area contributed by atoms with Crippen LogP contribution in [0.1, 0.15) is 54.5 Å². The molecule has 1 atom stereocenters. The summed E-state index contributed by atoms with van der Waals surface area (Å²) < 4.78 is 42.7. The van der Waals surface area contributed by atoms with Crippen LogP contribution in [0.5, 0.6) is 0 Å². The van der Waals surface area contributed by atoms with E-state index in [2.05, 4.69) is 11.2 Å². The first kappa shape index (κ1) is 20.3. The second-order valence-electron chi connectivity index (χ2n) is 8.59. The maximum absolute atomic E-state index is 13.9. The van der Waals surface area contributed by atoms with Gasteiger partial charge in [0.25, 0.3) is 5.56 Å². The third-order valence-electron chi connectivity index (χ3n) is 6.54. The summed E-state index contributed by atoms with van der Waals surface area (Å²) in [4.78, 5) is 15.1. The Morgan fingerprint density at radius 3 is 2.58 bits per heavy atom. The summed E-state index contributed by atoms with van der Waals surface area (Å²) in [5.41, 5.74) is 2.17. The first-order valence-corrected chi connectivity index (χ1v) is 10.8. The normalized spacial score (nSPS) is 21.0. The van der Waals surface area contributed by atoms with Crippen LogP contribution in [0.3, 0.4) is 0 Å². The molecule has 5 nitrogen and oxygen atoms in total. The van der Waals surface area contributed by atoms with Crippen LogP contribution in [0, 0.1) is 0 Å². The van der Waals surface area contributed by atoms with Crippen molar-refractivity contribution in [3.05, 3.63) is 57.0 Å². The van der Waals surface area contributed by atoms with E-state index in [1.54, 1.807) is 0 Å². The van der Waals surface area contributed by atoms with E-state index in [1.165, 1.54) is 12.1 Å². The quantitative estimate of drug-likeness (QED) is 0.802. The van der Waals surface area contributed by atoms with Gasteiger partial charge in [-0.1, -0.05) is 6.08 Å². The Bertz CT molecular complexity index is 1120. The number of halogens is 3. The molecule has 1 aromatic heterocycles. The van der Waals surface area contributed by atoms with Gasteiger partial charge >= 0.3 is 6.18 Å². The van der Waals surface area contributed by atoms with Gasteiger partial charge in [-0.15, -0.1) is 0 Å². The molecule has 164 valence electrons.